The highest BCUT2D eigenvalue weighted by Gasteiger charge is 2.21. The summed E-state index contributed by atoms with van der Waals surface area (Å²) in [5.74, 6) is 0.0722. The molecule has 3 rings (SSSR count). The number of benzene rings is 1. The van der Waals surface area contributed by atoms with Gasteiger partial charge in [0.1, 0.15) is 5.69 Å². The summed E-state index contributed by atoms with van der Waals surface area (Å²) in [7, 11) is 0. The number of nitrogens with one attached hydrogen (secondary N) is 1. The zero-order valence-electron chi connectivity index (χ0n) is 14.4. The summed E-state index contributed by atoms with van der Waals surface area (Å²) < 4.78 is 2.02. The molecule has 25 heavy (non-hydrogen) atoms. The number of halogens is 2. The number of fused-ring (bicyclic) bond motifs is 1. The van der Waals surface area contributed by atoms with Gasteiger partial charge >= 0.3 is 0 Å². The second-order valence-corrected chi connectivity index (χ2v) is 6.70. The van der Waals surface area contributed by atoms with Crippen LogP contribution in [0.5, 0.6) is 0 Å². The Labute approximate surface area is 156 Å². The molecule has 0 fully saturated rings. The van der Waals surface area contributed by atoms with Crippen molar-refractivity contribution in [2.45, 2.75) is 33.7 Å². The van der Waals surface area contributed by atoms with Crippen LogP contribution < -0.4 is 5.32 Å². The van der Waals surface area contributed by atoms with E-state index in [4.69, 9.17) is 23.2 Å². The Morgan fingerprint density at radius 2 is 2.00 bits per heavy atom. The minimum absolute atomic E-state index is 0.231. The molecule has 0 aliphatic heterocycles. The van der Waals surface area contributed by atoms with E-state index in [0.717, 1.165) is 22.9 Å². The molecule has 0 saturated heterocycles. The summed E-state index contributed by atoms with van der Waals surface area (Å²) >= 11 is 12.0. The predicted octanol–water partition coefficient (Wildman–Crippen LogP) is 5.49. The van der Waals surface area contributed by atoms with Crippen molar-refractivity contribution in [1.29, 1.82) is 0 Å². The number of hydrogen-bond donors (Lipinski definition) is 1. The number of anilines is 1. The van der Waals surface area contributed by atoms with E-state index >= 15 is 0 Å². The van der Waals surface area contributed by atoms with Crippen LogP contribution in [0.2, 0.25) is 10.0 Å². The van der Waals surface area contributed by atoms with Crippen molar-refractivity contribution in [2.75, 3.05) is 5.32 Å². The highest BCUT2D eigenvalue weighted by Crippen LogP contribution is 2.29. The van der Waals surface area contributed by atoms with E-state index in [0.29, 0.717) is 28.1 Å². The molecule has 2 aromatic heterocycles. The van der Waals surface area contributed by atoms with Crippen molar-refractivity contribution < 1.29 is 4.79 Å². The van der Waals surface area contributed by atoms with Crippen molar-refractivity contribution in [2.24, 2.45) is 0 Å². The molecule has 0 spiro atoms. The third-order valence-corrected chi connectivity index (χ3v) is 4.86. The fourth-order valence-electron chi connectivity index (χ4n) is 3.08. The maximum atomic E-state index is 12.9. The standard InChI is InChI=1S/C19H19Cl2N3O/c1-4-12-6-7-16-14(8-12)11(3)17(24(16)5-2)19(25)23-18-15(21)9-13(20)10-22-18/h6-10H,4-5H2,1-3H3,(H,22,23,25). The summed E-state index contributed by atoms with van der Waals surface area (Å²) in [4.78, 5) is 17.0. The Balaban J connectivity index is 2.07. The Bertz CT molecular complexity index is 963. The summed E-state index contributed by atoms with van der Waals surface area (Å²) in [6.07, 6.45) is 2.41. The smallest absolute Gasteiger partial charge is 0.273 e. The van der Waals surface area contributed by atoms with Crippen LogP contribution in [0.3, 0.4) is 0 Å². The third kappa shape index (κ3) is 3.24. The van der Waals surface area contributed by atoms with E-state index in [1.807, 2.05) is 18.4 Å². The Morgan fingerprint density at radius 1 is 1.24 bits per heavy atom. The lowest BCUT2D eigenvalue weighted by atomic mass is 10.1. The minimum Gasteiger partial charge on any atom is -0.337 e. The van der Waals surface area contributed by atoms with E-state index in [2.05, 4.69) is 35.4 Å². The molecule has 4 nitrogen and oxygen atoms in total. The van der Waals surface area contributed by atoms with Gasteiger partial charge in [-0.2, -0.15) is 0 Å². The van der Waals surface area contributed by atoms with Crippen LogP contribution in [0.15, 0.2) is 30.5 Å². The quantitative estimate of drug-likeness (QED) is 0.655. The van der Waals surface area contributed by atoms with Gasteiger partial charge in [0.2, 0.25) is 0 Å². The van der Waals surface area contributed by atoms with Gasteiger partial charge in [-0.05, 0) is 49.6 Å². The first kappa shape index (κ1) is 17.8. The summed E-state index contributed by atoms with van der Waals surface area (Å²) in [5.41, 5.74) is 3.88. The Hall–Kier alpha value is -2.04. The number of amides is 1. The predicted molar refractivity (Wildman–Crippen MR) is 104 cm³/mol. The number of nitrogens with zero attached hydrogens (tertiary/aromatic N) is 2. The third-order valence-electron chi connectivity index (χ3n) is 4.36. The first-order valence-corrected chi connectivity index (χ1v) is 8.96. The number of carbonyl (C=O) groups excluding carboxylic acids is 1. The summed E-state index contributed by atoms with van der Waals surface area (Å²) in [6, 6.07) is 7.89. The first-order valence-electron chi connectivity index (χ1n) is 8.20. The van der Waals surface area contributed by atoms with Crippen LogP contribution in [0.4, 0.5) is 5.82 Å². The van der Waals surface area contributed by atoms with Gasteiger partial charge in [-0.25, -0.2) is 4.98 Å². The van der Waals surface area contributed by atoms with Crippen LogP contribution in [0, 0.1) is 6.92 Å². The van der Waals surface area contributed by atoms with Gasteiger partial charge in [0.25, 0.3) is 5.91 Å². The zero-order valence-corrected chi connectivity index (χ0v) is 15.9. The largest absolute Gasteiger partial charge is 0.337 e. The molecule has 3 aromatic rings. The van der Waals surface area contributed by atoms with Crippen molar-refractivity contribution in [3.05, 3.63) is 57.3 Å². The van der Waals surface area contributed by atoms with Crippen LogP contribution in [-0.4, -0.2) is 15.5 Å². The Morgan fingerprint density at radius 3 is 2.64 bits per heavy atom. The monoisotopic (exact) mass is 375 g/mol. The van der Waals surface area contributed by atoms with E-state index in [9.17, 15) is 4.79 Å². The topological polar surface area (TPSA) is 46.9 Å². The number of carbonyl (C=O) groups is 1. The molecule has 0 aliphatic carbocycles. The van der Waals surface area contributed by atoms with Crippen molar-refractivity contribution in [3.63, 3.8) is 0 Å². The van der Waals surface area contributed by atoms with E-state index in [-0.39, 0.29) is 5.91 Å². The van der Waals surface area contributed by atoms with Crippen molar-refractivity contribution in [3.8, 4) is 0 Å². The lowest BCUT2D eigenvalue weighted by molar-refractivity contribution is 0.101. The Kier molecular flexibility index (Phi) is 5.02. The molecule has 2 heterocycles. The molecule has 1 N–H and O–H groups in total. The second kappa shape index (κ2) is 7.06. The van der Waals surface area contributed by atoms with Crippen LogP contribution in [-0.2, 0) is 13.0 Å². The number of rotatable bonds is 4. The minimum atomic E-state index is -0.231. The van der Waals surface area contributed by atoms with Gasteiger partial charge < -0.3 is 9.88 Å². The van der Waals surface area contributed by atoms with Gasteiger partial charge in [0.15, 0.2) is 5.82 Å². The fraction of sp³-hybridized carbons (Fsp3) is 0.263. The van der Waals surface area contributed by atoms with Gasteiger partial charge in [0, 0.05) is 23.6 Å². The maximum Gasteiger partial charge on any atom is 0.273 e. The molecule has 0 unspecified atom stereocenters. The lowest BCUT2D eigenvalue weighted by Gasteiger charge is -2.10. The van der Waals surface area contributed by atoms with Crippen molar-refractivity contribution in [1.82, 2.24) is 9.55 Å². The molecular weight excluding hydrogens is 357 g/mol. The van der Waals surface area contributed by atoms with Gasteiger partial charge in [0.05, 0.1) is 10.0 Å². The normalized spacial score (nSPS) is 11.1. The number of aromatic nitrogens is 2. The highest BCUT2D eigenvalue weighted by atomic mass is 35.5. The maximum absolute atomic E-state index is 12.9. The second-order valence-electron chi connectivity index (χ2n) is 5.86. The van der Waals surface area contributed by atoms with E-state index in [1.54, 1.807) is 6.07 Å². The molecule has 0 saturated carbocycles. The summed E-state index contributed by atoms with van der Waals surface area (Å²) in [5, 5.41) is 4.63. The molecule has 1 aromatic carbocycles. The van der Waals surface area contributed by atoms with E-state index < -0.39 is 0 Å². The average molecular weight is 376 g/mol. The zero-order chi connectivity index (χ0) is 18.1. The molecule has 0 radical (unpaired) electrons. The molecule has 0 bridgehead atoms. The van der Waals surface area contributed by atoms with Crippen LogP contribution >= 0.6 is 23.2 Å². The van der Waals surface area contributed by atoms with Crippen LogP contribution in [0.1, 0.15) is 35.5 Å². The summed E-state index contributed by atoms with van der Waals surface area (Å²) in [6.45, 7) is 6.81. The number of hydrogen-bond acceptors (Lipinski definition) is 2. The number of pyridine rings is 1. The average Bonchev–Trinajstić information content (AvgIpc) is 2.88. The molecule has 130 valence electrons. The molecule has 1 amide bonds. The molecule has 6 heteroatoms. The first-order chi connectivity index (χ1) is 12.0. The molecular formula is C19H19Cl2N3O. The van der Waals surface area contributed by atoms with E-state index in [1.165, 1.54) is 11.8 Å². The SMILES string of the molecule is CCc1ccc2c(c1)c(C)c(C(=O)Nc1ncc(Cl)cc1Cl)n2CC. The number of aryl methyl sites for hydroxylation is 3. The van der Waals surface area contributed by atoms with Crippen molar-refractivity contribution >= 4 is 45.8 Å². The van der Waals surface area contributed by atoms with Crippen LogP contribution in [0.25, 0.3) is 10.9 Å². The highest BCUT2D eigenvalue weighted by molar-refractivity contribution is 6.36. The van der Waals surface area contributed by atoms with Gasteiger partial charge in [-0.3, -0.25) is 4.79 Å². The van der Waals surface area contributed by atoms with Gasteiger partial charge in [-0.15, -0.1) is 0 Å². The van der Waals surface area contributed by atoms with Gasteiger partial charge in [-0.1, -0.05) is 36.2 Å². The fourth-order valence-corrected chi connectivity index (χ4v) is 3.51. The molecule has 0 aliphatic rings. The molecule has 0 atom stereocenters. The lowest BCUT2D eigenvalue weighted by Crippen LogP contribution is -2.18.